The number of nitrogens with zero attached hydrogens (tertiary/aromatic N) is 1. The predicted molar refractivity (Wildman–Crippen MR) is 74.5 cm³/mol. The maximum absolute atomic E-state index is 9.91. The van der Waals surface area contributed by atoms with E-state index < -0.39 is 0 Å². The van der Waals surface area contributed by atoms with Crippen LogP contribution < -0.4 is 5.32 Å². The van der Waals surface area contributed by atoms with Gasteiger partial charge in [-0.25, -0.2) is 0 Å². The van der Waals surface area contributed by atoms with E-state index in [0.29, 0.717) is 25.2 Å². The van der Waals surface area contributed by atoms with Crippen LogP contribution in [0, 0.1) is 0 Å². The van der Waals surface area contributed by atoms with Gasteiger partial charge < -0.3 is 10.4 Å². The van der Waals surface area contributed by atoms with Crippen LogP contribution in [0.1, 0.15) is 31.7 Å². The van der Waals surface area contributed by atoms with E-state index in [1.165, 1.54) is 4.88 Å². The van der Waals surface area contributed by atoms with Crippen molar-refractivity contribution in [2.24, 2.45) is 0 Å². The Balaban J connectivity index is 2.35. The Kier molecular flexibility index (Phi) is 6.12. The number of aliphatic hydroxyl groups is 1. The Morgan fingerprint density at radius 1 is 1.41 bits per heavy atom. The Morgan fingerprint density at radius 2 is 2.12 bits per heavy atom. The molecule has 0 saturated heterocycles. The van der Waals surface area contributed by atoms with Gasteiger partial charge in [-0.15, -0.1) is 11.3 Å². The Labute approximate surface area is 108 Å². The van der Waals surface area contributed by atoms with Crippen LogP contribution >= 0.6 is 11.3 Å². The molecule has 0 bridgehead atoms. The van der Waals surface area contributed by atoms with Crippen molar-refractivity contribution in [3.63, 3.8) is 0 Å². The molecule has 2 unspecified atom stereocenters. The fraction of sp³-hybridized carbons (Fsp3) is 0.692. The smallest absolute Gasteiger partial charge is 0.0791 e. The first-order valence-electron chi connectivity index (χ1n) is 6.15. The van der Waals surface area contributed by atoms with Crippen LogP contribution in [0.2, 0.25) is 0 Å². The van der Waals surface area contributed by atoms with Crippen LogP contribution in [0.4, 0.5) is 0 Å². The van der Waals surface area contributed by atoms with Gasteiger partial charge in [-0.1, -0.05) is 19.9 Å². The molecule has 1 aromatic rings. The molecule has 1 rings (SSSR count). The minimum atomic E-state index is -0.315. The standard InChI is InChI=1S/C13H24N2OS/c1-10(2)14-8-12(16)9-15(4)11(3)13-6-5-7-17-13/h5-7,10-12,14,16H,8-9H2,1-4H3. The lowest BCUT2D eigenvalue weighted by Crippen LogP contribution is -2.39. The van der Waals surface area contributed by atoms with Crippen LogP contribution in [-0.2, 0) is 0 Å². The number of hydrogen-bond donors (Lipinski definition) is 2. The van der Waals surface area contributed by atoms with E-state index in [1.54, 1.807) is 11.3 Å². The number of rotatable bonds is 7. The fourth-order valence-corrected chi connectivity index (χ4v) is 2.52. The van der Waals surface area contributed by atoms with Crippen LogP contribution in [0.5, 0.6) is 0 Å². The summed E-state index contributed by atoms with van der Waals surface area (Å²) in [6.07, 6.45) is -0.315. The highest BCUT2D eigenvalue weighted by Crippen LogP contribution is 2.23. The maximum Gasteiger partial charge on any atom is 0.0791 e. The van der Waals surface area contributed by atoms with E-state index in [2.05, 4.69) is 55.5 Å². The fourth-order valence-electron chi connectivity index (χ4n) is 1.67. The van der Waals surface area contributed by atoms with Gasteiger partial charge in [0.1, 0.15) is 0 Å². The Bertz CT molecular complexity index is 300. The molecule has 0 aliphatic heterocycles. The molecule has 0 spiro atoms. The molecule has 98 valence electrons. The minimum absolute atomic E-state index is 0.315. The van der Waals surface area contributed by atoms with Crippen molar-refractivity contribution in [3.8, 4) is 0 Å². The van der Waals surface area contributed by atoms with E-state index >= 15 is 0 Å². The summed E-state index contributed by atoms with van der Waals surface area (Å²) in [5.41, 5.74) is 0. The van der Waals surface area contributed by atoms with Crippen molar-refractivity contribution in [2.75, 3.05) is 20.1 Å². The lowest BCUT2D eigenvalue weighted by Gasteiger charge is -2.26. The molecular formula is C13H24N2OS. The number of likely N-dealkylation sites (N-methyl/N-ethyl adjacent to an activating group) is 1. The molecule has 17 heavy (non-hydrogen) atoms. The van der Waals surface area contributed by atoms with Crippen LogP contribution in [-0.4, -0.2) is 42.3 Å². The summed E-state index contributed by atoms with van der Waals surface area (Å²) < 4.78 is 0. The molecule has 3 nitrogen and oxygen atoms in total. The van der Waals surface area contributed by atoms with Crippen molar-refractivity contribution in [3.05, 3.63) is 22.4 Å². The first kappa shape index (κ1) is 14.6. The third-order valence-corrected chi connectivity index (χ3v) is 3.92. The zero-order chi connectivity index (χ0) is 12.8. The lowest BCUT2D eigenvalue weighted by molar-refractivity contribution is 0.106. The van der Waals surface area contributed by atoms with Gasteiger partial charge in [-0.3, -0.25) is 4.90 Å². The highest BCUT2D eigenvalue weighted by molar-refractivity contribution is 7.10. The molecule has 0 aliphatic rings. The molecule has 0 fully saturated rings. The second-order valence-corrected chi connectivity index (χ2v) is 5.83. The summed E-state index contributed by atoms with van der Waals surface area (Å²) in [6, 6.07) is 5.00. The zero-order valence-electron chi connectivity index (χ0n) is 11.2. The van der Waals surface area contributed by atoms with Crippen molar-refractivity contribution in [1.29, 1.82) is 0 Å². The highest BCUT2D eigenvalue weighted by atomic mass is 32.1. The van der Waals surface area contributed by atoms with Gasteiger partial charge in [0, 0.05) is 30.1 Å². The van der Waals surface area contributed by atoms with Gasteiger partial charge in [-0.2, -0.15) is 0 Å². The number of hydrogen-bond acceptors (Lipinski definition) is 4. The van der Waals surface area contributed by atoms with E-state index in [-0.39, 0.29) is 6.10 Å². The average Bonchev–Trinajstić information content (AvgIpc) is 2.78. The number of aliphatic hydroxyl groups excluding tert-OH is 1. The van der Waals surface area contributed by atoms with Crippen molar-refractivity contribution in [2.45, 2.75) is 39.0 Å². The second-order valence-electron chi connectivity index (χ2n) is 4.85. The molecule has 0 aliphatic carbocycles. The van der Waals surface area contributed by atoms with Crippen LogP contribution in [0.3, 0.4) is 0 Å². The second kappa shape index (κ2) is 7.11. The van der Waals surface area contributed by atoms with E-state index in [9.17, 15) is 5.11 Å². The Hall–Kier alpha value is -0.420. The molecule has 0 saturated carbocycles. The van der Waals surface area contributed by atoms with Gasteiger partial charge in [-0.05, 0) is 25.4 Å². The summed E-state index contributed by atoms with van der Waals surface area (Å²) in [4.78, 5) is 3.54. The number of thiophene rings is 1. The largest absolute Gasteiger partial charge is 0.390 e. The first-order chi connectivity index (χ1) is 8.00. The molecule has 4 heteroatoms. The van der Waals surface area contributed by atoms with Gasteiger partial charge in [0.15, 0.2) is 0 Å². The first-order valence-corrected chi connectivity index (χ1v) is 7.03. The third-order valence-electron chi connectivity index (χ3n) is 2.88. The maximum atomic E-state index is 9.91. The van der Waals surface area contributed by atoms with Gasteiger partial charge in [0.05, 0.1) is 6.10 Å². The molecule has 0 radical (unpaired) electrons. The molecule has 1 aromatic heterocycles. The predicted octanol–water partition coefficient (Wildman–Crippen LogP) is 2.10. The van der Waals surface area contributed by atoms with Crippen molar-refractivity contribution < 1.29 is 5.11 Å². The summed E-state index contributed by atoms with van der Waals surface area (Å²) in [5, 5.41) is 15.3. The molecule has 2 N–H and O–H groups in total. The quantitative estimate of drug-likeness (QED) is 0.784. The van der Waals surface area contributed by atoms with E-state index in [0.717, 1.165) is 0 Å². The van der Waals surface area contributed by atoms with Crippen molar-refractivity contribution >= 4 is 11.3 Å². The molecular weight excluding hydrogens is 232 g/mol. The van der Waals surface area contributed by atoms with Crippen LogP contribution in [0.15, 0.2) is 17.5 Å². The Morgan fingerprint density at radius 3 is 2.65 bits per heavy atom. The summed E-state index contributed by atoms with van der Waals surface area (Å²) in [7, 11) is 2.06. The molecule has 0 aromatic carbocycles. The SMILES string of the molecule is CC(C)NCC(O)CN(C)C(C)c1cccs1. The number of nitrogens with one attached hydrogen (secondary N) is 1. The van der Waals surface area contributed by atoms with E-state index in [4.69, 9.17) is 0 Å². The van der Waals surface area contributed by atoms with Gasteiger partial charge in [0.2, 0.25) is 0 Å². The van der Waals surface area contributed by atoms with Gasteiger partial charge in [0.25, 0.3) is 0 Å². The van der Waals surface area contributed by atoms with Gasteiger partial charge >= 0.3 is 0 Å². The molecule has 1 heterocycles. The lowest BCUT2D eigenvalue weighted by atomic mass is 10.2. The van der Waals surface area contributed by atoms with Crippen LogP contribution in [0.25, 0.3) is 0 Å². The molecule has 2 atom stereocenters. The zero-order valence-corrected chi connectivity index (χ0v) is 12.0. The average molecular weight is 256 g/mol. The minimum Gasteiger partial charge on any atom is -0.390 e. The summed E-state index contributed by atoms with van der Waals surface area (Å²) >= 11 is 1.77. The third kappa shape index (κ3) is 5.17. The monoisotopic (exact) mass is 256 g/mol. The van der Waals surface area contributed by atoms with E-state index in [1.807, 2.05) is 0 Å². The highest BCUT2D eigenvalue weighted by Gasteiger charge is 2.15. The normalized spacial score (nSPS) is 15.5. The summed E-state index contributed by atoms with van der Waals surface area (Å²) in [5.74, 6) is 0. The van der Waals surface area contributed by atoms with Crippen molar-refractivity contribution in [1.82, 2.24) is 10.2 Å². The summed E-state index contributed by atoms with van der Waals surface area (Å²) in [6.45, 7) is 7.70. The topological polar surface area (TPSA) is 35.5 Å². The molecule has 0 amide bonds.